The Bertz CT molecular complexity index is 632. The summed E-state index contributed by atoms with van der Waals surface area (Å²) in [5.41, 5.74) is 1.89. The van der Waals surface area contributed by atoms with Crippen LogP contribution in [0.15, 0.2) is 42.5 Å². The van der Waals surface area contributed by atoms with Gasteiger partial charge in [-0.05, 0) is 30.3 Å². The van der Waals surface area contributed by atoms with Crippen LogP contribution in [-0.2, 0) is 11.3 Å². The lowest BCUT2D eigenvalue weighted by molar-refractivity contribution is 0.187. The third kappa shape index (κ3) is 4.10. The number of ether oxygens (including phenoxy) is 1. The molecule has 2 N–H and O–H groups in total. The summed E-state index contributed by atoms with van der Waals surface area (Å²) in [5.74, 6) is -0.421. The number of hydrogen-bond donors (Lipinski definition) is 2. The summed E-state index contributed by atoms with van der Waals surface area (Å²) in [5, 5.41) is 5.73. The van der Waals surface area contributed by atoms with Crippen LogP contribution < -0.4 is 10.6 Å². The van der Waals surface area contributed by atoms with E-state index in [-0.39, 0.29) is 5.02 Å². The van der Waals surface area contributed by atoms with Crippen LogP contribution in [0.3, 0.4) is 0 Å². The molecule has 21 heavy (non-hydrogen) atoms. The maximum Gasteiger partial charge on any atom is 0.411 e. The van der Waals surface area contributed by atoms with E-state index in [0.717, 1.165) is 5.69 Å². The molecule has 1 amide bonds. The van der Waals surface area contributed by atoms with Crippen molar-refractivity contribution in [2.75, 3.05) is 17.7 Å². The predicted octanol–water partition coefficient (Wildman–Crippen LogP) is 4.27. The number of halogens is 2. The average molecular weight is 309 g/mol. The van der Waals surface area contributed by atoms with Crippen LogP contribution in [0, 0.1) is 5.82 Å². The van der Waals surface area contributed by atoms with Crippen LogP contribution in [0.1, 0.15) is 5.56 Å². The first-order valence-corrected chi connectivity index (χ1v) is 6.59. The Labute approximate surface area is 126 Å². The molecule has 0 heterocycles. The number of rotatable bonds is 4. The van der Waals surface area contributed by atoms with Crippen molar-refractivity contribution in [3.8, 4) is 0 Å². The monoisotopic (exact) mass is 308 g/mol. The summed E-state index contributed by atoms with van der Waals surface area (Å²) in [7, 11) is 1.30. The smallest absolute Gasteiger partial charge is 0.411 e. The molecule has 0 aliphatic carbocycles. The largest absolute Gasteiger partial charge is 0.453 e. The molecule has 0 radical (unpaired) electrons. The highest BCUT2D eigenvalue weighted by Crippen LogP contribution is 2.20. The SMILES string of the molecule is COC(=O)Nc1ccc(NCc2cccc(Cl)c2F)cc1. The lowest BCUT2D eigenvalue weighted by Crippen LogP contribution is -2.10. The van der Waals surface area contributed by atoms with Gasteiger partial charge < -0.3 is 10.1 Å². The van der Waals surface area contributed by atoms with Crippen molar-refractivity contribution in [3.63, 3.8) is 0 Å². The van der Waals surface area contributed by atoms with Crippen molar-refractivity contribution in [1.29, 1.82) is 0 Å². The number of benzene rings is 2. The Morgan fingerprint density at radius 1 is 1.19 bits per heavy atom. The number of anilines is 2. The fraction of sp³-hybridized carbons (Fsp3) is 0.133. The number of hydrogen-bond acceptors (Lipinski definition) is 3. The van der Waals surface area contributed by atoms with Crippen LogP contribution in [0.25, 0.3) is 0 Å². The van der Waals surface area contributed by atoms with E-state index in [1.54, 1.807) is 36.4 Å². The maximum absolute atomic E-state index is 13.7. The molecule has 110 valence electrons. The molecule has 2 aromatic rings. The molecule has 0 aliphatic heterocycles. The van der Waals surface area contributed by atoms with Crippen LogP contribution in [0.2, 0.25) is 5.02 Å². The number of nitrogens with one attached hydrogen (secondary N) is 2. The first-order valence-electron chi connectivity index (χ1n) is 6.22. The van der Waals surface area contributed by atoms with E-state index < -0.39 is 11.9 Å². The summed E-state index contributed by atoms with van der Waals surface area (Å²) in [6.45, 7) is 0.316. The normalized spacial score (nSPS) is 10.0. The molecule has 0 saturated heterocycles. The third-order valence-electron chi connectivity index (χ3n) is 2.83. The lowest BCUT2D eigenvalue weighted by atomic mass is 10.2. The number of carbonyl (C=O) groups excluding carboxylic acids is 1. The Kier molecular flexibility index (Phi) is 5.00. The summed E-state index contributed by atoms with van der Waals surface area (Å²) < 4.78 is 18.2. The zero-order valence-corrected chi connectivity index (χ0v) is 12.1. The summed E-state index contributed by atoms with van der Waals surface area (Å²) in [6.07, 6.45) is -0.531. The second-order valence-corrected chi connectivity index (χ2v) is 4.67. The summed E-state index contributed by atoms with van der Waals surface area (Å²) >= 11 is 5.72. The van der Waals surface area contributed by atoms with E-state index in [9.17, 15) is 9.18 Å². The topological polar surface area (TPSA) is 50.4 Å². The fourth-order valence-corrected chi connectivity index (χ4v) is 1.92. The zero-order valence-electron chi connectivity index (χ0n) is 11.3. The van der Waals surface area contributed by atoms with Gasteiger partial charge in [0.1, 0.15) is 5.82 Å². The fourth-order valence-electron chi connectivity index (χ4n) is 1.72. The summed E-state index contributed by atoms with van der Waals surface area (Å²) in [4.78, 5) is 11.0. The van der Waals surface area contributed by atoms with E-state index >= 15 is 0 Å². The molecule has 0 saturated carbocycles. The van der Waals surface area contributed by atoms with Crippen molar-refractivity contribution >= 4 is 29.1 Å². The lowest BCUT2D eigenvalue weighted by Gasteiger charge is -2.09. The van der Waals surface area contributed by atoms with E-state index in [1.807, 2.05) is 0 Å². The van der Waals surface area contributed by atoms with E-state index in [0.29, 0.717) is 17.8 Å². The van der Waals surface area contributed by atoms with Crippen molar-refractivity contribution in [2.24, 2.45) is 0 Å². The highest BCUT2D eigenvalue weighted by Gasteiger charge is 2.06. The van der Waals surface area contributed by atoms with Crippen LogP contribution in [0.5, 0.6) is 0 Å². The van der Waals surface area contributed by atoms with Gasteiger partial charge in [-0.15, -0.1) is 0 Å². The Hall–Kier alpha value is -2.27. The molecule has 0 bridgehead atoms. The number of methoxy groups -OCH3 is 1. The molecule has 0 aromatic heterocycles. The maximum atomic E-state index is 13.7. The molecular formula is C15H14ClFN2O2. The van der Waals surface area contributed by atoms with Gasteiger partial charge in [0.15, 0.2) is 0 Å². The minimum Gasteiger partial charge on any atom is -0.453 e. The van der Waals surface area contributed by atoms with E-state index in [2.05, 4.69) is 15.4 Å². The molecule has 2 aromatic carbocycles. The quantitative estimate of drug-likeness (QED) is 0.887. The van der Waals surface area contributed by atoms with Crippen molar-refractivity contribution < 1.29 is 13.9 Å². The summed E-state index contributed by atoms with van der Waals surface area (Å²) in [6, 6.07) is 11.9. The second kappa shape index (κ2) is 6.95. The molecule has 0 spiro atoms. The van der Waals surface area contributed by atoms with Gasteiger partial charge in [-0.1, -0.05) is 23.7 Å². The number of carbonyl (C=O) groups is 1. The number of amides is 1. The van der Waals surface area contributed by atoms with Crippen molar-refractivity contribution in [2.45, 2.75) is 6.54 Å². The highest BCUT2D eigenvalue weighted by atomic mass is 35.5. The zero-order chi connectivity index (χ0) is 15.2. The van der Waals surface area contributed by atoms with Crippen molar-refractivity contribution in [1.82, 2.24) is 0 Å². The van der Waals surface area contributed by atoms with Gasteiger partial charge in [-0.3, -0.25) is 5.32 Å². The molecule has 6 heteroatoms. The van der Waals surface area contributed by atoms with Crippen LogP contribution in [0.4, 0.5) is 20.6 Å². The van der Waals surface area contributed by atoms with E-state index in [4.69, 9.17) is 11.6 Å². The molecule has 0 atom stereocenters. The predicted molar refractivity (Wildman–Crippen MR) is 81.2 cm³/mol. The van der Waals surface area contributed by atoms with Gasteiger partial charge in [0.25, 0.3) is 0 Å². The van der Waals surface area contributed by atoms with Gasteiger partial charge in [0, 0.05) is 23.5 Å². The Balaban J connectivity index is 1.97. The first-order chi connectivity index (χ1) is 10.1. The van der Waals surface area contributed by atoms with Gasteiger partial charge in [-0.25, -0.2) is 9.18 Å². The van der Waals surface area contributed by atoms with Crippen LogP contribution in [-0.4, -0.2) is 13.2 Å². The highest BCUT2D eigenvalue weighted by molar-refractivity contribution is 6.30. The van der Waals surface area contributed by atoms with E-state index in [1.165, 1.54) is 13.2 Å². The van der Waals surface area contributed by atoms with Gasteiger partial charge >= 0.3 is 6.09 Å². The second-order valence-electron chi connectivity index (χ2n) is 4.26. The molecule has 0 unspecified atom stereocenters. The minimum atomic E-state index is -0.531. The van der Waals surface area contributed by atoms with Gasteiger partial charge in [0.05, 0.1) is 12.1 Å². The molecule has 2 rings (SSSR count). The van der Waals surface area contributed by atoms with Gasteiger partial charge in [0.2, 0.25) is 0 Å². The molecule has 0 fully saturated rings. The Morgan fingerprint density at radius 3 is 2.52 bits per heavy atom. The molecule has 0 aliphatic rings. The van der Waals surface area contributed by atoms with Crippen LogP contribution >= 0.6 is 11.6 Å². The third-order valence-corrected chi connectivity index (χ3v) is 3.12. The standard InChI is InChI=1S/C15H14ClFN2O2/c1-21-15(20)19-12-7-5-11(6-8-12)18-9-10-3-2-4-13(16)14(10)17/h2-8,18H,9H2,1H3,(H,19,20). The Morgan fingerprint density at radius 2 is 1.86 bits per heavy atom. The molecule has 4 nitrogen and oxygen atoms in total. The first kappa shape index (κ1) is 15.1. The minimum absolute atomic E-state index is 0.104. The molecular weight excluding hydrogens is 295 g/mol. The van der Waals surface area contributed by atoms with Crippen molar-refractivity contribution in [3.05, 3.63) is 58.9 Å². The van der Waals surface area contributed by atoms with Gasteiger partial charge in [-0.2, -0.15) is 0 Å². The average Bonchev–Trinajstić information content (AvgIpc) is 2.50.